The molecule has 2 amide bonds. The number of carboxylic acids is 1. The van der Waals surface area contributed by atoms with Crippen LogP contribution in [0.15, 0.2) is 0 Å². The molecule has 2 unspecified atom stereocenters. The van der Waals surface area contributed by atoms with Gasteiger partial charge in [-0.15, -0.1) is 0 Å². The highest BCUT2D eigenvalue weighted by molar-refractivity contribution is 5.83. The highest BCUT2D eigenvalue weighted by Gasteiger charge is 2.39. The molecular weight excluding hydrogens is 244 g/mol. The van der Waals surface area contributed by atoms with E-state index in [2.05, 4.69) is 33.0 Å². The lowest BCUT2D eigenvalue weighted by molar-refractivity contribution is -0.142. The van der Waals surface area contributed by atoms with Crippen molar-refractivity contribution in [3.05, 3.63) is 0 Å². The zero-order chi connectivity index (χ0) is 14.8. The van der Waals surface area contributed by atoms with Crippen LogP contribution in [0, 0.1) is 17.3 Å². The molecule has 0 spiro atoms. The Morgan fingerprint density at radius 3 is 2.47 bits per heavy atom. The first-order valence-electron chi connectivity index (χ1n) is 6.94. The minimum Gasteiger partial charge on any atom is -0.480 e. The fourth-order valence-corrected chi connectivity index (χ4v) is 2.16. The topological polar surface area (TPSA) is 69.6 Å². The number of hydrogen-bond donors (Lipinski definition) is 2. The first-order valence-corrected chi connectivity index (χ1v) is 6.94. The molecule has 5 nitrogen and oxygen atoms in total. The molecule has 2 N–H and O–H groups in total. The Kier molecular flexibility index (Phi) is 4.82. The van der Waals surface area contributed by atoms with Crippen molar-refractivity contribution in [1.82, 2.24) is 10.2 Å². The van der Waals surface area contributed by atoms with Gasteiger partial charge in [0.05, 0.1) is 0 Å². The lowest BCUT2D eigenvalue weighted by atomic mass is 9.81. The molecule has 0 aromatic heterocycles. The fraction of sp³-hybridized carbons (Fsp3) is 0.857. The van der Waals surface area contributed by atoms with Crippen LogP contribution in [0.5, 0.6) is 0 Å². The van der Waals surface area contributed by atoms with Crippen molar-refractivity contribution in [3.63, 3.8) is 0 Å². The van der Waals surface area contributed by atoms with Crippen LogP contribution in [0.1, 0.15) is 41.0 Å². The van der Waals surface area contributed by atoms with Gasteiger partial charge in [-0.3, -0.25) is 0 Å². The first kappa shape index (κ1) is 15.8. The second-order valence-electron chi connectivity index (χ2n) is 6.54. The lowest BCUT2D eigenvalue weighted by Crippen LogP contribution is -2.49. The van der Waals surface area contributed by atoms with Gasteiger partial charge in [-0.1, -0.05) is 34.6 Å². The molecule has 1 fully saturated rings. The summed E-state index contributed by atoms with van der Waals surface area (Å²) in [5.74, 6) is -0.454. The van der Waals surface area contributed by atoms with E-state index >= 15 is 0 Å². The number of carbonyl (C=O) groups is 2. The molecule has 0 saturated carbocycles. The maximum atomic E-state index is 12.1. The van der Waals surface area contributed by atoms with Crippen LogP contribution in [-0.2, 0) is 4.79 Å². The Hall–Kier alpha value is -1.26. The smallest absolute Gasteiger partial charge is 0.326 e. The minimum atomic E-state index is -0.914. The SMILES string of the molecule is CC1CCN(C(=O)NCC(C)(C)C(C)C)C1C(=O)O. The summed E-state index contributed by atoms with van der Waals surface area (Å²) in [6.45, 7) is 11.4. The van der Waals surface area contributed by atoms with E-state index in [1.807, 2.05) is 6.92 Å². The van der Waals surface area contributed by atoms with Crippen molar-refractivity contribution < 1.29 is 14.7 Å². The van der Waals surface area contributed by atoms with E-state index < -0.39 is 12.0 Å². The largest absolute Gasteiger partial charge is 0.480 e. The molecule has 0 bridgehead atoms. The van der Waals surface area contributed by atoms with Crippen LogP contribution in [-0.4, -0.2) is 41.1 Å². The Balaban J connectivity index is 2.61. The molecule has 1 rings (SSSR count). The van der Waals surface area contributed by atoms with Crippen LogP contribution >= 0.6 is 0 Å². The second-order valence-corrected chi connectivity index (χ2v) is 6.54. The highest BCUT2D eigenvalue weighted by atomic mass is 16.4. The van der Waals surface area contributed by atoms with Crippen molar-refractivity contribution in [3.8, 4) is 0 Å². The number of amides is 2. The average molecular weight is 270 g/mol. The Morgan fingerprint density at radius 1 is 1.42 bits per heavy atom. The van der Waals surface area contributed by atoms with Crippen LogP contribution in [0.2, 0.25) is 0 Å². The molecule has 2 atom stereocenters. The number of carboxylic acid groups (broad SMARTS) is 1. The predicted octanol–water partition coefficient (Wildman–Crippen LogP) is 2.17. The molecule has 19 heavy (non-hydrogen) atoms. The summed E-state index contributed by atoms with van der Waals surface area (Å²) >= 11 is 0. The van der Waals surface area contributed by atoms with Gasteiger partial charge in [0, 0.05) is 13.1 Å². The molecular formula is C14H26N2O3. The third kappa shape index (κ3) is 3.61. The molecule has 1 saturated heterocycles. The zero-order valence-electron chi connectivity index (χ0n) is 12.6. The Bertz CT molecular complexity index is 353. The molecule has 1 aliphatic heterocycles. The molecule has 0 radical (unpaired) electrons. The van der Waals surface area contributed by atoms with Gasteiger partial charge in [-0.2, -0.15) is 0 Å². The number of aliphatic carboxylic acids is 1. The van der Waals surface area contributed by atoms with Gasteiger partial charge in [0.1, 0.15) is 6.04 Å². The van der Waals surface area contributed by atoms with E-state index in [0.29, 0.717) is 19.0 Å². The summed E-state index contributed by atoms with van der Waals surface area (Å²) in [5, 5.41) is 12.1. The van der Waals surface area contributed by atoms with Gasteiger partial charge in [0.15, 0.2) is 0 Å². The summed E-state index contributed by atoms with van der Waals surface area (Å²) in [4.78, 5) is 24.8. The minimum absolute atomic E-state index is 0.000277. The van der Waals surface area contributed by atoms with Crippen molar-refractivity contribution in [2.75, 3.05) is 13.1 Å². The molecule has 5 heteroatoms. The van der Waals surface area contributed by atoms with E-state index in [1.54, 1.807) is 0 Å². The van der Waals surface area contributed by atoms with Gasteiger partial charge in [0.2, 0.25) is 0 Å². The summed E-state index contributed by atoms with van der Waals surface area (Å²) in [6.07, 6.45) is 0.748. The molecule has 1 aliphatic rings. The number of hydrogen-bond acceptors (Lipinski definition) is 2. The third-order valence-corrected chi connectivity index (χ3v) is 4.47. The van der Waals surface area contributed by atoms with Crippen LogP contribution in [0.25, 0.3) is 0 Å². The quantitative estimate of drug-likeness (QED) is 0.822. The predicted molar refractivity (Wildman–Crippen MR) is 73.9 cm³/mol. The second kappa shape index (κ2) is 5.80. The third-order valence-electron chi connectivity index (χ3n) is 4.47. The highest BCUT2D eigenvalue weighted by Crippen LogP contribution is 2.26. The molecule has 0 aliphatic carbocycles. The van der Waals surface area contributed by atoms with Crippen molar-refractivity contribution in [2.24, 2.45) is 17.3 Å². The van der Waals surface area contributed by atoms with E-state index in [4.69, 9.17) is 0 Å². The van der Waals surface area contributed by atoms with E-state index in [-0.39, 0.29) is 17.4 Å². The average Bonchev–Trinajstić information content (AvgIpc) is 2.68. The van der Waals surface area contributed by atoms with Crippen molar-refractivity contribution >= 4 is 12.0 Å². The van der Waals surface area contributed by atoms with Gasteiger partial charge < -0.3 is 15.3 Å². The van der Waals surface area contributed by atoms with E-state index in [1.165, 1.54) is 4.90 Å². The summed E-state index contributed by atoms with van der Waals surface area (Å²) in [7, 11) is 0. The summed E-state index contributed by atoms with van der Waals surface area (Å²) in [6, 6.07) is -0.951. The lowest BCUT2D eigenvalue weighted by Gasteiger charge is -2.31. The Labute approximate surface area is 115 Å². The van der Waals surface area contributed by atoms with Gasteiger partial charge in [-0.05, 0) is 23.7 Å². The molecule has 0 aromatic carbocycles. The van der Waals surface area contributed by atoms with Crippen LogP contribution < -0.4 is 5.32 Å². The van der Waals surface area contributed by atoms with Gasteiger partial charge in [0.25, 0.3) is 0 Å². The molecule has 1 heterocycles. The van der Waals surface area contributed by atoms with E-state index in [9.17, 15) is 14.7 Å². The van der Waals surface area contributed by atoms with Crippen LogP contribution in [0.4, 0.5) is 4.79 Å². The Morgan fingerprint density at radius 2 is 2.00 bits per heavy atom. The molecule has 0 aromatic rings. The number of nitrogens with one attached hydrogen (secondary N) is 1. The normalized spacial score (nSPS) is 23.8. The monoisotopic (exact) mass is 270 g/mol. The zero-order valence-corrected chi connectivity index (χ0v) is 12.6. The van der Waals surface area contributed by atoms with Gasteiger partial charge >= 0.3 is 12.0 Å². The summed E-state index contributed by atoms with van der Waals surface area (Å²) in [5.41, 5.74) is -0.000277. The first-order chi connectivity index (χ1) is 8.66. The van der Waals surface area contributed by atoms with Crippen LogP contribution in [0.3, 0.4) is 0 Å². The van der Waals surface area contributed by atoms with Gasteiger partial charge in [-0.25, -0.2) is 9.59 Å². The van der Waals surface area contributed by atoms with E-state index in [0.717, 1.165) is 6.42 Å². The summed E-state index contributed by atoms with van der Waals surface area (Å²) < 4.78 is 0. The standard InChI is InChI=1S/C14H26N2O3/c1-9(2)14(4,5)8-15-13(19)16-7-6-10(3)11(16)12(17)18/h9-11H,6-8H2,1-5H3,(H,15,19)(H,17,18). The van der Waals surface area contributed by atoms with Crippen molar-refractivity contribution in [2.45, 2.75) is 47.1 Å². The maximum absolute atomic E-state index is 12.1. The number of likely N-dealkylation sites (tertiary alicyclic amines) is 1. The number of rotatable bonds is 4. The van der Waals surface area contributed by atoms with Crippen molar-refractivity contribution in [1.29, 1.82) is 0 Å². The number of nitrogens with zero attached hydrogens (tertiary/aromatic N) is 1. The number of carbonyl (C=O) groups excluding carboxylic acids is 1. The fourth-order valence-electron chi connectivity index (χ4n) is 2.16. The number of urea groups is 1. The molecule has 110 valence electrons. The maximum Gasteiger partial charge on any atom is 0.326 e.